The number of aryl methyl sites for hydroxylation is 2. The Bertz CT molecular complexity index is 653. The van der Waals surface area contributed by atoms with Crippen molar-refractivity contribution in [3.8, 4) is 0 Å². The van der Waals surface area contributed by atoms with Crippen LogP contribution in [0, 0.1) is 24.3 Å². The molecule has 0 aliphatic rings. The van der Waals surface area contributed by atoms with E-state index >= 15 is 0 Å². The Morgan fingerprint density at radius 3 is 2.52 bits per heavy atom. The Kier molecular flexibility index (Phi) is 5.58. The molecule has 1 aromatic carbocycles. The minimum absolute atomic E-state index is 0.0542. The van der Waals surface area contributed by atoms with Crippen molar-refractivity contribution in [3.05, 3.63) is 44.8 Å². The molecule has 0 saturated carbocycles. The zero-order chi connectivity index (χ0) is 15.4. The zero-order valence-corrected chi connectivity index (χ0v) is 15.1. The van der Waals surface area contributed by atoms with Crippen molar-refractivity contribution in [3.63, 3.8) is 0 Å². The van der Waals surface area contributed by atoms with Crippen molar-refractivity contribution in [2.75, 3.05) is 11.1 Å². The van der Waals surface area contributed by atoms with Gasteiger partial charge >= 0.3 is 0 Å². The topological polar surface area (TPSA) is 54.9 Å². The molecule has 4 nitrogen and oxygen atoms in total. The first-order chi connectivity index (χ1) is 9.95. The van der Waals surface area contributed by atoms with Crippen molar-refractivity contribution in [2.24, 2.45) is 0 Å². The van der Waals surface area contributed by atoms with Gasteiger partial charge in [0.25, 0.3) is 0 Å². The molecule has 1 heterocycles. The van der Waals surface area contributed by atoms with Crippen LogP contribution < -0.4 is 5.32 Å². The first-order valence-electron chi connectivity index (χ1n) is 6.46. The third-order valence-electron chi connectivity index (χ3n) is 3.05. The summed E-state index contributed by atoms with van der Waals surface area (Å²) in [6.45, 7) is 5.92. The number of anilines is 1. The van der Waals surface area contributed by atoms with E-state index in [2.05, 4.69) is 37.9 Å². The third kappa shape index (κ3) is 4.67. The first kappa shape index (κ1) is 16.2. The molecule has 0 fully saturated rings. The van der Waals surface area contributed by atoms with Gasteiger partial charge in [-0.1, -0.05) is 17.8 Å². The molecule has 0 atom stereocenters. The number of carbonyl (C=O) groups excluding carboxylic acids is 1. The molecule has 2 rings (SSSR count). The van der Waals surface area contributed by atoms with Crippen LogP contribution in [-0.2, 0) is 4.79 Å². The van der Waals surface area contributed by atoms with E-state index in [-0.39, 0.29) is 5.91 Å². The van der Waals surface area contributed by atoms with Gasteiger partial charge < -0.3 is 5.32 Å². The van der Waals surface area contributed by atoms with Gasteiger partial charge in [0.1, 0.15) is 0 Å². The highest BCUT2D eigenvalue weighted by atomic mass is 127. The predicted molar refractivity (Wildman–Crippen MR) is 94.8 cm³/mol. The van der Waals surface area contributed by atoms with Crippen LogP contribution in [-0.4, -0.2) is 21.6 Å². The average Bonchev–Trinajstić information content (AvgIpc) is 2.42. The van der Waals surface area contributed by atoms with E-state index in [0.717, 1.165) is 26.2 Å². The van der Waals surface area contributed by atoms with Crippen molar-refractivity contribution < 1.29 is 4.79 Å². The molecule has 0 saturated heterocycles. The van der Waals surface area contributed by atoms with Gasteiger partial charge in [-0.2, -0.15) is 0 Å². The van der Waals surface area contributed by atoms with Crippen LogP contribution in [0.5, 0.6) is 0 Å². The molecule has 0 bridgehead atoms. The highest BCUT2D eigenvalue weighted by molar-refractivity contribution is 14.1. The normalized spacial score (nSPS) is 10.5. The minimum atomic E-state index is -0.0542. The number of aromatic nitrogens is 2. The highest BCUT2D eigenvalue weighted by Gasteiger charge is 2.08. The number of rotatable bonds is 4. The van der Waals surface area contributed by atoms with Gasteiger partial charge in [0, 0.05) is 20.6 Å². The fraction of sp³-hybridized carbons (Fsp3) is 0.267. The summed E-state index contributed by atoms with van der Waals surface area (Å²) >= 11 is 3.57. The van der Waals surface area contributed by atoms with Gasteiger partial charge in [0.05, 0.1) is 5.75 Å². The molecule has 21 heavy (non-hydrogen) atoms. The number of amides is 1. The maximum absolute atomic E-state index is 11.9. The number of thioether (sulfide) groups is 1. The quantitative estimate of drug-likeness (QED) is 0.472. The second kappa shape index (κ2) is 7.22. The lowest BCUT2D eigenvalue weighted by Gasteiger charge is -2.07. The van der Waals surface area contributed by atoms with Gasteiger partial charge in [-0.3, -0.25) is 4.79 Å². The molecule has 6 heteroatoms. The number of hydrogen-bond acceptors (Lipinski definition) is 4. The highest BCUT2D eigenvalue weighted by Crippen LogP contribution is 2.18. The summed E-state index contributed by atoms with van der Waals surface area (Å²) in [6, 6.07) is 7.71. The van der Waals surface area contributed by atoms with Crippen LogP contribution in [0.15, 0.2) is 29.4 Å². The maximum Gasteiger partial charge on any atom is 0.234 e. The van der Waals surface area contributed by atoms with Gasteiger partial charge in [-0.05, 0) is 67.1 Å². The van der Waals surface area contributed by atoms with E-state index in [0.29, 0.717) is 10.9 Å². The molecule has 0 aliphatic heterocycles. The Balaban J connectivity index is 1.95. The molecule has 0 unspecified atom stereocenters. The van der Waals surface area contributed by atoms with E-state index < -0.39 is 0 Å². The van der Waals surface area contributed by atoms with Gasteiger partial charge in [-0.25, -0.2) is 9.97 Å². The molecular weight excluding hydrogens is 397 g/mol. The Labute approximate surface area is 142 Å². The van der Waals surface area contributed by atoms with E-state index in [4.69, 9.17) is 0 Å². The van der Waals surface area contributed by atoms with Crippen LogP contribution in [0.25, 0.3) is 0 Å². The fourth-order valence-corrected chi connectivity index (χ4v) is 2.98. The van der Waals surface area contributed by atoms with Crippen LogP contribution in [0.3, 0.4) is 0 Å². The minimum Gasteiger partial charge on any atom is -0.325 e. The lowest BCUT2D eigenvalue weighted by atomic mass is 10.2. The fourth-order valence-electron chi connectivity index (χ4n) is 1.70. The molecule has 2 aromatic rings. The summed E-state index contributed by atoms with van der Waals surface area (Å²) in [5.74, 6) is 0.245. The largest absolute Gasteiger partial charge is 0.325 e. The monoisotopic (exact) mass is 413 g/mol. The van der Waals surface area contributed by atoms with E-state index in [1.807, 2.05) is 45.0 Å². The van der Waals surface area contributed by atoms with Gasteiger partial charge in [0.2, 0.25) is 5.91 Å². The number of carbonyl (C=O) groups is 1. The number of hydrogen-bond donors (Lipinski definition) is 1. The van der Waals surface area contributed by atoms with Crippen molar-refractivity contribution in [1.29, 1.82) is 0 Å². The standard InChI is InChI=1S/C15H16IN3OS/c1-9-10(2)17-15(18-11(9)3)21-8-14(20)19-13-6-4-5-12(16)7-13/h4-7H,8H2,1-3H3,(H,19,20). The molecule has 0 aliphatic carbocycles. The van der Waals surface area contributed by atoms with Crippen molar-refractivity contribution in [1.82, 2.24) is 9.97 Å². The van der Waals surface area contributed by atoms with Crippen LogP contribution in [0.2, 0.25) is 0 Å². The van der Waals surface area contributed by atoms with Crippen molar-refractivity contribution >= 4 is 45.9 Å². The van der Waals surface area contributed by atoms with E-state index in [1.165, 1.54) is 11.8 Å². The summed E-state index contributed by atoms with van der Waals surface area (Å²) in [7, 11) is 0. The smallest absolute Gasteiger partial charge is 0.234 e. The lowest BCUT2D eigenvalue weighted by Crippen LogP contribution is -2.14. The summed E-state index contributed by atoms with van der Waals surface area (Å²) in [5, 5.41) is 3.52. The number of nitrogens with one attached hydrogen (secondary N) is 1. The van der Waals surface area contributed by atoms with Crippen LogP contribution in [0.1, 0.15) is 17.0 Å². The lowest BCUT2D eigenvalue weighted by molar-refractivity contribution is -0.113. The summed E-state index contributed by atoms with van der Waals surface area (Å²) in [4.78, 5) is 20.7. The van der Waals surface area contributed by atoms with Gasteiger partial charge in [-0.15, -0.1) is 0 Å². The molecule has 110 valence electrons. The molecule has 0 radical (unpaired) electrons. The number of nitrogens with zero attached hydrogens (tertiary/aromatic N) is 2. The zero-order valence-electron chi connectivity index (χ0n) is 12.1. The SMILES string of the molecule is Cc1nc(SCC(=O)Nc2cccc(I)c2)nc(C)c1C. The van der Waals surface area contributed by atoms with E-state index in [9.17, 15) is 4.79 Å². The summed E-state index contributed by atoms with van der Waals surface area (Å²) < 4.78 is 1.09. The number of benzene rings is 1. The van der Waals surface area contributed by atoms with Crippen LogP contribution in [0.4, 0.5) is 5.69 Å². The molecular formula is C15H16IN3OS. The summed E-state index contributed by atoms with van der Waals surface area (Å²) in [6.07, 6.45) is 0. The predicted octanol–water partition coefficient (Wildman–Crippen LogP) is 3.74. The molecule has 1 N–H and O–H groups in total. The first-order valence-corrected chi connectivity index (χ1v) is 8.52. The van der Waals surface area contributed by atoms with Crippen LogP contribution >= 0.6 is 34.4 Å². The molecule has 0 spiro atoms. The maximum atomic E-state index is 11.9. The second-order valence-corrected chi connectivity index (χ2v) is 6.84. The third-order valence-corrected chi connectivity index (χ3v) is 4.57. The number of halogens is 1. The molecule has 1 amide bonds. The Morgan fingerprint density at radius 1 is 1.24 bits per heavy atom. The average molecular weight is 413 g/mol. The Hall–Kier alpha value is -1.15. The Morgan fingerprint density at radius 2 is 1.90 bits per heavy atom. The van der Waals surface area contributed by atoms with Crippen molar-refractivity contribution in [2.45, 2.75) is 25.9 Å². The summed E-state index contributed by atoms with van der Waals surface area (Å²) in [5.41, 5.74) is 3.83. The van der Waals surface area contributed by atoms with E-state index in [1.54, 1.807) is 0 Å². The second-order valence-electron chi connectivity index (χ2n) is 4.65. The van der Waals surface area contributed by atoms with Gasteiger partial charge in [0.15, 0.2) is 5.16 Å². The molecule has 1 aromatic heterocycles.